The molecule has 2 aromatic rings. The van der Waals surface area contributed by atoms with Crippen LogP contribution in [0.1, 0.15) is 35.0 Å². The smallest absolute Gasteiger partial charge is 0.239 e. The molecule has 3 nitrogen and oxygen atoms in total. The first-order valence-electron chi connectivity index (χ1n) is 5.62. The van der Waals surface area contributed by atoms with Gasteiger partial charge in [0.05, 0.1) is 5.25 Å². The van der Waals surface area contributed by atoms with Crippen LogP contribution >= 0.6 is 11.8 Å². The van der Waals surface area contributed by atoms with Crippen molar-refractivity contribution >= 4 is 11.8 Å². The summed E-state index contributed by atoms with van der Waals surface area (Å²) in [7, 11) is 0. The molecule has 17 heavy (non-hydrogen) atoms. The highest BCUT2D eigenvalue weighted by Crippen LogP contribution is 2.29. The van der Waals surface area contributed by atoms with E-state index >= 15 is 0 Å². The van der Waals surface area contributed by atoms with Crippen molar-refractivity contribution in [2.75, 3.05) is 0 Å². The molecule has 0 aliphatic carbocycles. The zero-order valence-electron chi connectivity index (χ0n) is 10.3. The van der Waals surface area contributed by atoms with E-state index in [1.807, 2.05) is 18.7 Å². The summed E-state index contributed by atoms with van der Waals surface area (Å²) in [5.74, 6) is 2.37. The first-order chi connectivity index (χ1) is 8.15. The van der Waals surface area contributed by atoms with Crippen molar-refractivity contribution in [2.45, 2.75) is 31.8 Å². The minimum absolute atomic E-state index is 0.233. The van der Waals surface area contributed by atoms with Crippen LogP contribution < -0.4 is 0 Å². The molecule has 0 aliphatic rings. The van der Waals surface area contributed by atoms with Gasteiger partial charge in [-0.2, -0.15) is 4.98 Å². The van der Waals surface area contributed by atoms with Crippen LogP contribution in [0.4, 0.5) is 0 Å². The van der Waals surface area contributed by atoms with Gasteiger partial charge in [0.25, 0.3) is 0 Å². The van der Waals surface area contributed by atoms with Gasteiger partial charge in [-0.15, -0.1) is 11.8 Å². The molecule has 1 aromatic heterocycles. The largest absolute Gasteiger partial charge is 0.338 e. The van der Waals surface area contributed by atoms with E-state index in [1.54, 1.807) is 0 Å². The van der Waals surface area contributed by atoms with Gasteiger partial charge in [0, 0.05) is 5.75 Å². The van der Waals surface area contributed by atoms with Crippen molar-refractivity contribution in [3.05, 3.63) is 47.1 Å². The minimum atomic E-state index is 0.233. The van der Waals surface area contributed by atoms with Gasteiger partial charge in [0.15, 0.2) is 5.82 Å². The van der Waals surface area contributed by atoms with Crippen LogP contribution in [0.5, 0.6) is 0 Å². The molecule has 0 spiro atoms. The second kappa shape index (κ2) is 5.36. The molecule has 1 heterocycles. The van der Waals surface area contributed by atoms with Crippen molar-refractivity contribution in [1.82, 2.24) is 10.1 Å². The topological polar surface area (TPSA) is 38.9 Å². The van der Waals surface area contributed by atoms with Gasteiger partial charge in [-0.05, 0) is 26.3 Å². The van der Waals surface area contributed by atoms with Crippen molar-refractivity contribution in [1.29, 1.82) is 0 Å². The fourth-order valence-corrected chi connectivity index (χ4v) is 2.43. The molecule has 4 heteroatoms. The minimum Gasteiger partial charge on any atom is -0.338 e. The standard InChI is InChI=1S/C13H16N2OS/c1-9-5-4-6-12(7-9)8-17-10(2)13-14-11(3)15-16-13/h4-7,10H,8H2,1-3H3/t10-/m0/s1. The van der Waals surface area contributed by atoms with Gasteiger partial charge in [-0.25, -0.2) is 0 Å². The zero-order valence-corrected chi connectivity index (χ0v) is 11.1. The van der Waals surface area contributed by atoms with Gasteiger partial charge in [0.1, 0.15) is 0 Å². The highest BCUT2D eigenvalue weighted by molar-refractivity contribution is 7.98. The molecule has 0 saturated heterocycles. The Hall–Kier alpha value is -1.29. The van der Waals surface area contributed by atoms with Gasteiger partial charge >= 0.3 is 0 Å². The summed E-state index contributed by atoms with van der Waals surface area (Å²) < 4.78 is 5.16. The van der Waals surface area contributed by atoms with Crippen molar-refractivity contribution in [3.63, 3.8) is 0 Å². The van der Waals surface area contributed by atoms with E-state index in [-0.39, 0.29) is 5.25 Å². The average molecular weight is 248 g/mol. The van der Waals surface area contributed by atoms with Gasteiger partial charge < -0.3 is 4.52 Å². The summed E-state index contributed by atoms with van der Waals surface area (Å²) in [6.45, 7) is 6.04. The lowest BCUT2D eigenvalue weighted by Crippen LogP contribution is -1.90. The molecular weight excluding hydrogens is 232 g/mol. The Bertz CT molecular complexity index is 496. The third-order valence-electron chi connectivity index (χ3n) is 2.47. The third kappa shape index (κ3) is 3.33. The molecule has 0 N–H and O–H groups in total. The molecule has 0 aliphatic heterocycles. The molecule has 1 atom stereocenters. The normalized spacial score (nSPS) is 12.6. The Kier molecular flexibility index (Phi) is 3.84. The Morgan fingerprint density at radius 3 is 2.82 bits per heavy atom. The van der Waals surface area contributed by atoms with E-state index in [0.29, 0.717) is 11.7 Å². The van der Waals surface area contributed by atoms with Crippen LogP contribution in [0.25, 0.3) is 0 Å². The van der Waals surface area contributed by atoms with Crippen LogP contribution in [0, 0.1) is 13.8 Å². The van der Waals surface area contributed by atoms with Crippen LogP contribution in [0.3, 0.4) is 0 Å². The maximum Gasteiger partial charge on any atom is 0.239 e. The summed E-state index contributed by atoms with van der Waals surface area (Å²) in [6.07, 6.45) is 0. The number of thioether (sulfide) groups is 1. The summed E-state index contributed by atoms with van der Waals surface area (Å²) in [6, 6.07) is 8.55. The maximum absolute atomic E-state index is 5.16. The molecular formula is C13H16N2OS. The number of aryl methyl sites for hydroxylation is 2. The van der Waals surface area contributed by atoms with E-state index in [9.17, 15) is 0 Å². The first kappa shape index (κ1) is 12.2. The Morgan fingerprint density at radius 2 is 2.18 bits per heavy atom. The number of rotatable bonds is 4. The summed E-state index contributed by atoms with van der Waals surface area (Å²) >= 11 is 1.81. The predicted molar refractivity (Wildman–Crippen MR) is 69.9 cm³/mol. The number of aromatic nitrogens is 2. The first-order valence-corrected chi connectivity index (χ1v) is 6.67. The van der Waals surface area contributed by atoms with Crippen molar-refractivity contribution < 1.29 is 4.52 Å². The molecule has 1 aromatic carbocycles. The summed E-state index contributed by atoms with van der Waals surface area (Å²) in [5.41, 5.74) is 2.63. The molecule has 0 saturated carbocycles. The molecule has 2 rings (SSSR count). The average Bonchev–Trinajstić information content (AvgIpc) is 2.73. The molecule has 0 radical (unpaired) electrons. The fourth-order valence-electron chi connectivity index (χ4n) is 1.57. The SMILES string of the molecule is Cc1cccc(CS[C@@H](C)c2nc(C)no2)c1. The lowest BCUT2D eigenvalue weighted by molar-refractivity contribution is 0.376. The summed E-state index contributed by atoms with van der Waals surface area (Å²) in [5, 5.41) is 4.04. The molecule has 0 amide bonds. The fraction of sp³-hybridized carbons (Fsp3) is 0.385. The van der Waals surface area contributed by atoms with E-state index < -0.39 is 0 Å². The number of hydrogen-bond donors (Lipinski definition) is 0. The van der Waals surface area contributed by atoms with E-state index in [2.05, 4.69) is 48.3 Å². The second-order valence-electron chi connectivity index (χ2n) is 4.12. The van der Waals surface area contributed by atoms with Crippen LogP contribution in [0.2, 0.25) is 0 Å². The highest BCUT2D eigenvalue weighted by atomic mass is 32.2. The molecule has 0 unspecified atom stereocenters. The quantitative estimate of drug-likeness (QED) is 0.827. The van der Waals surface area contributed by atoms with Gasteiger partial charge in [-0.3, -0.25) is 0 Å². The van der Waals surface area contributed by atoms with Crippen LogP contribution in [-0.2, 0) is 5.75 Å². The Morgan fingerprint density at radius 1 is 1.35 bits per heavy atom. The van der Waals surface area contributed by atoms with E-state index in [0.717, 1.165) is 5.75 Å². The molecule has 0 bridgehead atoms. The maximum atomic E-state index is 5.16. The van der Waals surface area contributed by atoms with E-state index in [4.69, 9.17) is 4.52 Å². The third-order valence-corrected chi connectivity index (χ3v) is 3.68. The number of nitrogens with zero attached hydrogens (tertiary/aromatic N) is 2. The highest BCUT2D eigenvalue weighted by Gasteiger charge is 2.13. The summed E-state index contributed by atoms with van der Waals surface area (Å²) in [4.78, 5) is 4.24. The Balaban J connectivity index is 1.94. The second-order valence-corrected chi connectivity index (χ2v) is 5.45. The van der Waals surface area contributed by atoms with Crippen molar-refractivity contribution in [3.8, 4) is 0 Å². The number of benzene rings is 1. The molecule has 90 valence electrons. The lowest BCUT2D eigenvalue weighted by Gasteiger charge is -2.06. The number of hydrogen-bond acceptors (Lipinski definition) is 4. The van der Waals surface area contributed by atoms with Gasteiger partial charge in [-0.1, -0.05) is 35.0 Å². The van der Waals surface area contributed by atoms with Crippen LogP contribution in [-0.4, -0.2) is 10.1 Å². The monoisotopic (exact) mass is 248 g/mol. The zero-order chi connectivity index (χ0) is 12.3. The molecule has 0 fully saturated rings. The Labute approximate surface area is 106 Å². The van der Waals surface area contributed by atoms with Crippen molar-refractivity contribution in [2.24, 2.45) is 0 Å². The van der Waals surface area contributed by atoms with E-state index in [1.165, 1.54) is 11.1 Å². The predicted octanol–water partition coefficient (Wildman–Crippen LogP) is 3.68. The van der Waals surface area contributed by atoms with Gasteiger partial charge in [0.2, 0.25) is 5.89 Å². The van der Waals surface area contributed by atoms with Crippen LogP contribution in [0.15, 0.2) is 28.8 Å². The lowest BCUT2D eigenvalue weighted by atomic mass is 10.2.